The molecule has 1 fully saturated rings. The van der Waals surface area contributed by atoms with Crippen molar-refractivity contribution in [2.24, 2.45) is 0 Å². The second-order valence-corrected chi connectivity index (χ2v) is 7.02. The summed E-state index contributed by atoms with van der Waals surface area (Å²) in [6.07, 6.45) is 0.789. The summed E-state index contributed by atoms with van der Waals surface area (Å²) < 4.78 is 6.17. The molecule has 0 spiro atoms. The highest BCUT2D eigenvalue weighted by Crippen LogP contribution is 2.29. The molecule has 0 atom stereocenters. The van der Waals surface area contributed by atoms with Crippen LogP contribution in [0.2, 0.25) is 0 Å². The van der Waals surface area contributed by atoms with Gasteiger partial charge in [-0.15, -0.1) is 0 Å². The first-order chi connectivity index (χ1) is 12.2. The minimum Gasteiger partial charge on any atom is -0.384 e. The average Bonchev–Trinajstić information content (AvgIpc) is 3.25. The van der Waals surface area contributed by atoms with Crippen LogP contribution in [-0.2, 0) is 11.2 Å². The highest BCUT2D eigenvalue weighted by molar-refractivity contribution is 7.22. The SMILES string of the molecule is O=C(CCc1cc(=O)[nH]o1)N1CCN(c2nc3ccccc3s2)CC1. The van der Waals surface area contributed by atoms with Gasteiger partial charge in [-0.1, -0.05) is 23.5 Å². The maximum Gasteiger partial charge on any atom is 0.280 e. The highest BCUT2D eigenvalue weighted by atomic mass is 32.1. The summed E-state index contributed by atoms with van der Waals surface area (Å²) in [7, 11) is 0. The number of aromatic nitrogens is 2. The van der Waals surface area contributed by atoms with Crippen LogP contribution in [0.25, 0.3) is 10.2 Å². The fraction of sp³-hybridized carbons (Fsp3) is 0.353. The quantitative estimate of drug-likeness (QED) is 0.770. The van der Waals surface area contributed by atoms with Crippen molar-refractivity contribution in [1.82, 2.24) is 15.0 Å². The summed E-state index contributed by atoms with van der Waals surface area (Å²) in [5.41, 5.74) is 0.751. The Balaban J connectivity index is 1.32. The molecule has 0 radical (unpaired) electrons. The first kappa shape index (κ1) is 15.9. The number of aryl methyl sites for hydroxylation is 1. The molecule has 2 aromatic heterocycles. The van der Waals surface area contributed by atoms with E-state index in [1.165, 1.54) is 10.8 Å². The predicted octanol–water partition coefficient (Wildman–Crippen LogP) is 1.86. The van der Waals surface area contributed by atoms with Crippen molar-refractivity contribution in [3.8, 4) is 0 Å². The molecule has 130 valence electrons. The number of thiazole rings is 1. The smallest absolute Gasteiger partial charge is 0.280 e. The van der Waals surface area contributed by atoms with Crippen LogP contribution in [0.4, 0.5) is 5.13 Å². The Hall–Kier alpha value is -2.61. The van der Waals surface area contributed by atoms with Crippen molar-refractivity contribution in [2.75, 3.05) is 31.1 Å². The normalized spacial score (nSPS) is 15.0. The summed E-state index contributed by atoms with van der Waals surface area (Å²) in [5, 5.41) is 3.25. The molecule has 1 aromatic carbocycles. The standard InChI is InChI=1S/C17H18N4O3S/c22-15-11-12(24-19-15)5-6-16(23)20-7-9-21(10-8-20)17-18-13-3-1-2-4-14(13)25-17/h1-4,11H,5-10H2,(H,19,22). The largest absolute Gasteiger partial charge is 0.384 e. The molecule has 1 N–H and O–H groups in total. The molecule has 0 bridgehead atoms. The second-order valence-electron chi connectivity index (χ2n) is 6.01. The van der Waals surface area contributed by atoms with E-state index in [-0.39, 0.29) is 11.5 Å². The van der Waals surface area contributed by atoms with Gasteiger partial charge in [0, 0.05) is 45.1 Å². The van der Waals surface area contributed by atoms with Crippen molar-refractivity contribution in [3.05, 3.63) is 46.4 Å². The molecule has 25 heavy (non-hydrogen) atoms. The maximum absolute atomic E-state index is 12.3. The second kappa shape index (κ2) is 6.72. The van der Waals surface area contributed by atoms with Gasteiger partial charge >= 0.3 is 0 Å². The number of para-hydroxylation sites is 1. The van der Waals surface area contributed by atoms with Gasteiger partial charge in [0.15, 0.2) is 5.13 Å². The number of anilines is 1. The van der Waals surface area contributed by atoms with Gasteiger partial charge < -0.3 is 14.3 Å². The number of amides is 1. The van der Waals surface area contributed by atoms with Gasteiger partial charge in [0.05, 0.1) is 10.2 Å². The van der Waals surface area contributed by atoms with Crippen molar-refractivity contribution >= 4 is 32.6 Å². The molecule has 0 aliphatic carbocycles. The Morgan fingerprint density at radius 3 is 2.76 bits per heavy atom. The van der Waals surface area contributed by atoms with E-state index < -0.39 is 0 Å². The number of nitrogens with zero attached hydrogens (tertiary/aromatic N) is 3. The van der Waals surface area contributed by atoms with Crippen LogP contribution in [-0.4, -0.2) is 47.1 Å². The van der Waals surface area contributed by atoms with Gasteiger partial charge in [0.25, 0.3) is 5.56 Å². The number of nitrogens with one attached hydrogen (secondary N) is 1. The van der Waals surface area contributed by atoms with E-state index in [0.717, 1.165) is 23.7 Å². The van der Waals surface area contributed by atoms with Crippen molar-refractivity contribution in [1.29, 1.82) is 0 Å². The molecule has 1 aliphatic rings. The van der Waals surface area contributed by atoms with Crippen LogP contribution in [0.15, 0.2) is 39.6 Å². The van der Waals surface area contributed by atoms with Gasteiger partial charge in [-0.2, -0.15) is 5.16 Å². The first-order valence-corrected chi connectivity index (χ1v) is 9.06. The minimum atomic E-state index is -0.271. The van der Waals surface area contributed by atoms with Crippen molar-refractivity contribution < 1.29 is 9.32 Å². The van der Waals surface area contributed by atoms with Gasteiger partial charge in [0.1, 0.15) is 5.76 Å². The zero-order valence-electron chi connectivity index (χ0n) is 13.6. The zero-order chi connectivity index (χ0) is 17.2. The molecule has 4 rings (SSSR count). The van der Waals surface area contributed by atoms with Crippen molar-refractivity contribution in [2.45, 2.75) is 12.8 Å². The Morgan fingerprint density at radius 1 is 1.24 bits per heavy atom. The van der Waals surface area contributed by atoms with Crippen LogP contribution in [0.5, 0.6) is 0 Å². The molecule has 1 aliphatic heterocycles. The van der Waals surface area contributed by atoms with Crippen molar-refractivity contribution in [3.63, 3.8) is 0 Å². The number of carbonyl (C=O) groups is 1. The Labute approximate surface area is 147 Å². The number of carbonyl (C=O) groups excluding carboxylic acids is 1. The fourth-order valence-electron chi connectivity index (χ4n) is 2.97. The number of aromatic amines is 1. The number of benzene rings is 1. The number of fused-ring (bicyclic) bond motifs is 1. The van der Waals surface area contributed by atoms with Gasteiger partial charge in [-0.25, -0.2) is 4.98 Å². The topological polar surface area (TPSA) is 82.4 Å². The van der Waals surface area contributed by atoms with Crippen LogP contribution in [0.1, 0.15) is 12.2 Å². The monoisotopic (exact) mass is 358 g/mol. The molecule has 0 unspecified atom stereocenters. The lowest BCUT2D eigenvalue weighted by molar-refractivity contribution is -0.131. The molecule has 1 saturated heterocycles. The molecule has 3 aromatic rings. The fourth-order valence-corrected chi connectivity index (χ4v) is 3.99. The van der Waals surface area contributed by atoms with E-state index in [0.29, 0.717) is 31.7 Å². The summed E-state index contributed by atoms with van der Waals surface area (Å²) in [6, 6.07) is 9.50. The third-order valence-electron chi connectivity index (χ3n) is 4.35. The van der Waals surface area contributed by atoms with Crippen LogP contribution in [0.3, 0.4) is 0 Å². The number of hydrogen-bond acceptors (Lipinski definition) is 6. The third kappa shape index (κ3) is 3.43. The summed E-state index contributed by atoms with van der Waals surface area (Å²) in [5.74, 6) is 0.610. The summed E-state index contributed by atoms with van der Waals surface area (Å²) >= 11 is 1.69. The summed E-state index contributed by atoms with van der Waals surface area (Å²) in [4.78, 5) is 32.1. The molecule has 0 saturated carbocycles. The number of piperazine rings is 1. The van der Waals surface area contributed by atoms with E-state index in [4.69, 9.17) is 4.52 Å². The summed E-state index contributed by atoms with van der Waals surface area (Å²) in [6.45, 7) is 2.94. The van der Waals surface area contributed by atoms with E-state index in [1.807, 2.05) is 23.1 Å². The minimum absolute atomic E-state index is 0.0906. The highest BCUT2D eigenvalue weighted by Gasteiger charge is 2.23. The Kier molecular flexibility index (Phi) is 4.27. The molecule has 7 nitrogen and oxygen atoms in total. The maximum atomic E-state index is 12.3. The zero-order valence-corrected chi connectivity index (χ0v) is 14.4. The van der Waals surface area contributed by atoms with E-state index >= 15 is 0 Å². The van der Waals surface area contributed by atoms with Crippen LogP contribution in [0, 0.1) is 0 Å². The van der Waals surface area contributed by atoms with Crippen LogP contribution < -0.4 is 10.5 Å². The molecule has 8 heteroatoms. The lowest BCUT2D eigenvalue weighted by Gasteiger charge is -2.34. The predicted molar refractivity (Wildman–Crippen MR) is 96.1 cm³/mol. The van der Waals surface area contributed by atoms with Gasteiger partial charge in [-0.3, -0.25) is 9.59 Å². The first-order valence-electron chi connectivity index (χ1n) is 8.25. The molecular weight excluding hydrogens is 340 g/mol. The Morgan fingerprint density at radius 2 is 2.04 bits per heavy atom. The lowest BCUT2D eigenvalue weighted by Crippen LogP contribution is -2.48. The molecular formula is C17H18N4O3S. The molecule has 1 amide bonds. The van der Waals surface area contributed by atoms with Gasteiger partial charge in [-0.05, 0) is 12.1 Å². The van der Waals surface area contributed by atoms with E-state index in [2.05, 4.69) is 21.1 Å². The number of rotatable bonds is 4. The van der Waals surface area contributed by atoms with Crippen LogP contribution >= 0.6 is 11.3 Å². The number of H-pyrrole nitrogens is 1. The molecule has 3 heterocycles. The third-order valence-corrected chi connectivity index (χ3v) is 5.44. The average molecular weight is 358 g/mol. The number of hydrogen-bond donors (Lipinski definition) is 1. The lowest BCUT2D eigenvalue weighted by atomic mass is 10.2. The van der Waals surface area contributed by atoms with E-state index in [1.54, 1.807) is 11.3 Å². The van der Waals surface area contributed by atoms with Gasteiger partial charge in [0.2, 0.25) is 5.91 Å². The van der Waals surface area contributed by atoms with E-state index in [9.17, 15) is 9.59 Å². The Bertz CT molecular complexity index is 903.